The summed E-state index contributed by atoms with van der Waals surface area (Å²) in [7, 11) is 0. The summed E-state index contributed by atoms with van der Waals surface area (Å²) >= 11 is 6.73. The molecule has 84 valence electrons. The van der Waals surface area contributed by atoms with Crippen LogP contribution in [0, 0.1) is 0 Å². The Morgan fingerprint density at radius 2 is 1.57 bits per heavy atom. The molecule has 0 spiro atoms. The molecule has 0 aliphatic rings. The van der Waals surface area contributed by atoms with Crippen molar-refractivity contribution in [1.29, 1.82) is 0 Å². The zero-order valence-corrected chi connectivity index (χ0v) is 11.7. The fourth-order valence-electron chi connectivity index (χ4n) is 1.09. The number of nitrogens with one attached hydrogen (secondary N) is 1. The molecule has 0 rings (SSSR count). The lowest BCUT2D eigenvalue weighted by atomic mass is 10.2. The second-order valence-electron chi connectivity index (χ2n) is 3.25. The number of carbonyl (C=O) groups is 1. The van der Waals surface area contributed by atoms with E-state index in [0.717, 1.165) is 36.5 Å². The molecule has 2 nitrogen and oxygen atoms in total. The Bertz CT molecular complexity index is 142. The Morgan fingerprint density at radius 1 is 0.929 bits per heavy atom. The number of unbranched alkanes of at least 4 members (excludes halogenated alkanes) is 3. The summed E-state index contributed by atoms with van der Waals surface area (Å²) in [5.74, 6) is 0.199. The molecule has 0 aliphatic heterocycles. The minimum atomic E-state index is 0.199. The highest BCUT2D eigenvalue weighted by molar-refractivity contribution is 9.09. The molecule has 0 saturated carbocycles. The first-order valence-corrected chi connectivity index (χ1v) is 7.44. The molecular weight excluding hydrogens is 310 g/mol. The number of amides is 1. The van der Waals surface area contributed by atoms with Crippen LogP contribution < -0.4 is 5.32 Å². The van der Waals surface area contributed by atoms with Gasteiger partial charge >= 0.3 is 0 Å². The van der Waals surface area contributed by atoms with Gasteiger partial charge in [-0.2, -0.15) is 0 Å². The van der Waals surface area contributed by atoms with Crippen LogP contribution in [0.25, 0.3) is 0 Å². The van der Waals surface area contributed by atoms with E-state index in [1.165, 1.54) is 12.8 Å². The lowest BCUT2D eigenvalue weighted by Crippen LogP contribution is -2.23. The first kappa shape index (κ1) is 14.4. The Balaban J connectivity index is 3.10. The zero-order valence-electron chi connectivity index (χ0n) is 8.53. The molecule has 0 unspecified atom stereocenters. The van der Waals surface area contributed by atoms with Crippen LogP contribution in [0.5, 0.6) is 0 Å². The van der Waals surface area contributed by atoms with Crippen molar-refractivity contribution in [3.63, 3.8) is 0 Å². The molecule has 0 aromatic rings. The van der Waals surface area contributed by atoms with E-state index >= 15 is 0 Å². The average Bonchev–Trinajstić information content (AvgIpc) is 2.18. The maximum absolute atomic E-state index is 11.2. The van der Waals surface area contributed by atoms with Crippen molar-refractivity contribution in [2.45, 2.75) is 38.5 Å². The minimum Gasteiger partial charge on any atom is -0.356 e. The largest absolute Gasteiger partial charge is 0.356 e. The van der Waals surface area contributed by atoms with Crippen molar-refractivity contribution in [3.05, 3.63) is 0 Å². The molecule has 0 fully saturated rings. The van der Waals surface area contributed by atoms with Crippen molar-refractivity contribution in [1.82, 2.24) is 5.32 Å². The van der Waals surface area contributed by atoms with Gasteiger partial charge in [-0.1, -0.05) is 38.3 Å². The highest BCUT2D eigenvalue weighted by Crippen LogP contribution is 1.99. The standard InChI is InChI=1S/C10H19Br2NO/c11-7-3-1-5-9-13-10(14)6-2-4-8-12/h1-9H2,(H,13,14). The first-order chi connectivity index (χ1) is 6.81. The number of alkyl halides is 2. The van der Waals surface area contributed by atoms with Crippen molar-refractivity contribution in [2.75, 3.05) is 17.2 Å². The van der Waals surface area contributed by atoms with E-state index in [0.29, 0.717) is 6.42 Å². The molecule has 0 aromatic carbocycles. The molecule has 0 saturated heterocycles. The third kappa shape index (κ3) is 10.5. The van der Waals surface area contributed by atoms with E-state index in [2.05, 4.69) is 37.2 Å². The summed E-state index contributed by atoms with van der Waals surface area (Å²) in [5.41, 5.74) is 0. The van der Waals surface area contributed by atoms with Gasteiger partial charge in [0.05, 0.1) is 0 Å². The van der Waals surface area contributed by atoms with Gasteiger partial charge in [0.1, 0.15) is 0 Å². The van der Waals surface area contributed by atoms with E-state index in [-0.39, 0.29) is 5.91 Å². The minimum absolute atomic E-state index is 0.199. The molecular formula is C10H19Br2NO. The molecule has 0 bridgehead atoms. The van der Waals surface area contributed by atoms with Gasteiger partial charge in [-0.25, -0.2) is 0 Å². The van der Waals surface area contributed by atoms with Crippen LogP contribution in [-0.2, 0) is 4.79 Å². The second-order valence-corrected chi connectivity index (χ2v) is 4.83. The smallest absolute Gasteiger partial charge is 0.219 e. The highest BCUT2D eigenvalue weighted by atomic mass is 79.9. The fourth-order valence-corrected chi connectivity index (χ4v) is 1.89. The molecule has 0 heterocycles. The van der Waals surface area contributed by atoms with Crippen LogP contribution >= 0.6 is 31.9 Å². The van der Waals surface area contributed by atoms with Crippen LogP contribution in [-0.4, -0.2) is 23.1 Å². The SMILES string of the molecule is O=C(CCCCBr)NCCCCCBr. The monoisotopic (exact) mass is 327 g/mol. The number of carbonyl (C=O) groups excluding carboxylic acids is 1. The molecule has 14 heavy (non-hydrogen) atoms. The van der Waals surface area contributed by atoms with Crippen molar-refractivity contribution in [2.24, 2.45) is 0 Å². The van der Waals surface area contributed by atoms with Gasteiger partial charge in [0.15, 0.2) is 0 Å². The van der Waals surface area contributed by atoms with Gasteiger partial charge in [-0.3, -0.25) is 4.79 Å². The summed E-state index contributed by atoms with van der Waals surface area (Å²) in [6.07, 6.45) is 6.21. The summed E-state index contributed by atoms with van der Waals surface area (Å²) in [5, 5.41) is 4.98. The van der Waals surface area contributed by atoms with E-state index in [9.17, 15) is 4.79 Å². The fraction of sp³-hybridized carbons (Fsp3) is 0.900. The number of halogens is 2. The third-order valence-electron chi connectivity index (χ3n) is 1.92. The second kappa shape index (κ2) is 11.5. The van der Waals surface area contributed by atoms with Crippen LogP contribution in [0.4, 0.5) is 0 Å². The van der Waals surface area contributed by atoms with Gasteiger partial charge in [-0.05, 0) is 25.7 Å². The molecule has 1 N–H and O–H groups in total. The maximum atomic E-state index is 11.2. The Hall–Kier alpha value is 0.430. The molecule has 4 heteroatoms. The Morgan fingerprint density at radius 3 is 2.21 bits per heavy atom. The molecule has 1 amide bonds. The van der Waals surface area contributed by atoms with Crippen molar-refractivity contribution < 1.29 is 4.79 Å². The quantitative estimate of drug-likeness (QED) is 0.511. The lowest BCUT2D eigenvalue weighted by Gasteiger charge is -2.03. The van der Waals surface area contributed by atoms with Gasteiger partial charge < -0.3 is 5.32 Å². The lowest BCUT2D eigenvalue weighted by molar-refractivity contribution is -0.121. The van der Waals surface area contributed by atoms with Gasteiger partial charge in [-0.15, -0.1) is 0 Å². The number of hydrogen-bond acceptors (Lipinski definition) is 1. The van der Waals surface area contributed by atoms with Gasteiger partial charge in [0.25, 0.3) is 0 Å². The van der Waals surface area contributed by atoms with Crippen LogP contribution in [0.2, 0.25) is 0 Å². The highest BCUT2D eigenvalue weighted by Gasteiger charge is 1.99. The zero-order chi connectivity index (χ0) is 10.6. The number of hydrogen-bond donors (Lipinski definition) is 1. The predicted octanol–water partition coefficient (Wildman–Crippen LogP) is 3.23. The topological polar surface area (TPSA) is 29.1 Å². The van der Waals surface area contributed by atoms with E-state index < -0.39 is 0 Å². The van der Waals surface area contributed by atoms with Crippen molar-refractivity contribution in [3.8, 4) is 0 Å². The normalized spacial score (nSPS) is 10.1. The average molecular weight is 329 g/mol. The van der Waals surface area contributed by atoms with Crippen LogP contribution in [0.1, 0.15) is 38.5 Å². The third-order valence-corrected chi connectivity index (χ3v) is 3.04. The maximum Gasteiger partial charge on any atom is 0.219 e. The summed E-state index contributed by atoms with van der Waals surface area (Å²) in [4.78, 5) is 11.2. The van der Waals surface area contributed by atoms with Crippen molar-refractivity contribution >= 4 is 37.8 Å². The van der Waals surface area contributed by atoms with E-state index in [4.69, 9.17) is 0 Å². The summed E-state index contributed by atoms with van der Waals surface area (Å²) in [6.45, 7) is 0.833. The molecule has 0 radical (unpaired) electrons. The van der Waals surface area contributed by atoms with E-state index in [1.807, 2.05) is 0 Å². The molecule has 0 atom stereocenters. The Kier molecular flexibility index (Phi) is 11.9. The van der Waals surface area contributed by atoms with Gasteiger partial charge in [0, 0.05) is 23.6 Å². The first-order valence-electron chi connectivity index (χ1n) is 5.20. The van der Waals surface area contributed by atoms with Crippen LogP contribution in [0.15, 0.2) is 0 Å². The number of rotatable bonds is 9. The van der Waals surface area contributed by atoms with Crippen LogP contribution in [0.3, 0.4) is 0 Å². The van der Waals surface area contributed by atoms with E-state index in [1.54, 1.807) is 0 Å². The predicted molar refractivity (Wildman–Crippen MR) is 68.3 cm³/mol. The molecule has 0 aromatic heterocycles. The summed E-state index contributed by atoms with van der Waals surface area (Å²) in [6, 6.07) is 0. The molecule has 0 aliphatic carbocycles. The Labute approximate surface area is 103 Å². The summed E-state index contributed by atoms with van der Waals surface area (Å²) < 4.78 is 0. The van der Waals surface area contributed by atoms with Gasteiger partial charge in [0.2, 0.25) is 5.91 Å².